The highest BCUT2D eigenvalue weighted by Crippen LogP contribution is 2.35. The highest BCUT2D eigenvalue weighted by atomic mass is 19.1. The predicted octanol–water partition coefficient (Wildman–Crippen LogP) is 3.50. The lowest BCUT2D eigenvalue weighted by atomic mass is 9.74. The van der Waals surface area contributed by atoms with Crippen LogP contribution in [-0.4, -0.2) is 43.7 Å². The molecule has 2 aliphatic rings. The van der Waals surface area contributed by atoms with Gasteiger partial charge in [-0.2, -0.15) is 0 Å². The van der Waals surface area contributed by atoms with Gasteiger partial charge in [0.2, 0.25) is 5.91 Å². The van der Waals surface area contributed by atoms with Crippen LogP contribution in [0.2, 0.25) is 0 Å². The van der Waals surface area contributed by atoms with Crippen LogP contribution < -0.4 is 5.32 Å². The van der Waals surface area contributed by atoms with Gasteiger partial charge in [-0.15, -0.1) is 0 Å². The van der Waals surface area contributed by atoms with Crippen LogP contribution in [-0.2, 0) is 21.5 Å². The molecule has 1 atom stereocenters. The molecule has 4 rings (SSSR count). The molecule has 0 saturated carbocycles. The van der Waals surface area contributed by atoms with Crippen molar-refractivity contribution >= 4 is 5.91 Å². The summed E-state index contributed by atoms with van der Waals surface area (Å²) in [7, 11) is 0. The quantitative estimate of drug-likeness (QED) is 0.807. The zero-order chi connectivity index (χ0) is 20.1. The van der Waals surface area contributed by atoms with E-state index in [1.807, 2.05) is 18.2 Å². The number of nitrogens with one attached hydrogen (secondary N) is 1. The van der Waals surface area contributed by atoms with E-state index in [-0.39, 0.29) is 23.1 Å². The molecule has 2 fully saturated rings. The lowest BCUT2D eigenvalue weighted by Crippen LogP contribution is -2.48. The van der Waals surface area contributed by atoms with Gasteiger partial charge in [-0.25, -0.2) is 4.39 Å². The molecule has 29 heavy (non-hydrogen) atoms. The summed E-state index contributed by atoms with van der Waals surface area (Å²) in [6.07, 6.45) is 5.15. The van der Waals surface area contributed by atoms with Gasteiger partial charge in [0.05, 0.1) is 18.7 Å². The molecule has 1 N–H and O–H groups in total. The molecule has 6 heteroatoms. The van der Waals surface area contributed by atoms with Gasteiger partial charge in [-0.05, 0) is 62.1 Å². The van der Waals surface area contributed by atoms with Crippen molar-refractivity contribution in [2.45, 2.75) is 37.6 Å². The second-order valence-electron chi connectivity index (χ2n) is 8.27. The fraction of sp³-hybridized carbons (Fsp3) is 0.522. The Hall–Kier alpha value is -2.18. The first-order chi connectivity index (χ1) is 14.1. The van der Waals surface area contributed by atoms with Crippen LogP contribution in [0.1, 0.15) is 37.0 Å². The fourth-order valence-corrected chi connectivity index (χ4v) is 4.58. The summed E-state index contributed by atoms with van der Waals surface area (Å²) < 4.78 is 24.8. The molecular formula is C23H29FN2O3. The van der Waals surface area contributed by atoms with E-state index in [1.165, 1.54) is 6.07 Å². The van der Waals surface area contributed by atoms with Crippen LogP contribution in [0.15, 0.2) is 47.1 Å². The number of benzene rings is 1. The van der Waals surface area contributed by atoms with E-state index in [2.05, 4.69) is 10.2 Å². The van der Waals surface area contributed by atoms with Crippen molar-refractivity contribution < 1.29 is 18.3 Å². The van der Waals surface area contributed by atoms with Crippen LogP contribution in [0.5, 0.6) is 0 Å². The Morgan fingerprint density at radius 1 is 1.24 bits per heavy atom. The first kappa shape index (κ1) is 20.1. The van der Waals surface area contributed by atoms with Gasteiger partial charge >= 0.3 is 0 Å². The van der Waals surface area contributed by atoms with E-state index >= 15 is 0 Å². The van der Waals surface area contributed by atoms with Crippen molar-refractivity contribution in [2.24, 2.45) is 5.92 Å². The van der Waals surface area contributed by atoms with Crippen LogP contribution in [0.25, 0.3) is 0 Å². The van der Waals surface area contributed by atoms with Crippen molar-refractivity contribution in [3.63, 3.8) is 0 Å². The maximum atomic E-state index is 13.8. The predicted molar refractivity (Wildman–Crippen MR) is 108 cm³/mol. The molecule has 0 unspecified atom stereocenters. The lowest BCUT2D eigenvalue weighted by molar-refractivity contribution is -0.127. The van der Waals surface area contributed by atoms with E-state index in [4.69, 9.17) is 9.15 Å². The highest BCUT2D eigenvalue weighted by Gasteiger charge is 2.36. The topological polar surface area (TPSA) is 54.7 Å². The van der Waals surface area contributed by atoms with Crippen molar-refractivity contribution in [3.05, 3.63) is 59.8 Å². The van der Waals surface area contributed by atoms with Crippen LogP contribution >= 0.6 is 0 Å². The number of halogens is 1. The Morgan fingerprint density at radius 3 is 2.86 bits per heavy atom. The highest BCUT2D eigenvalue weighted by molar-refractivity contribution is 5.79. The summed E-state index contributed by atoms with van der Waals surface area (Å²) in [6.45, 7) is 4.24. The molecule has 3 heterocycles. The Labute approximate surface area is 171 Å². The van der Waals surface area contributed by atoms with Gasteiger partial charge in [-0.1, -0.05) is 12.1 Å². The summed E-state index contributed by atoms with van der Waals surface area (Å²) in [4.78, 5) is 15.2. The standard InChI is InChI=1S/C23H29FN2O3/c24-20-6-1-5-19(14-20)23(8-12-28-13-9-23)17-25-22(27)18-4-2-10-26(15-18)16-21-7-3-11-29-21/h1,3,5-7,11,14,18H,2,4,8-10,12-13,15-17H2,(H,25,27)/t18-/m1/s1. The lowest BCUT2D eigenvalue weighted by Gasteiger charge is -2.39. The molecule has 0 radical (unpaired) electrons. The van der Waals surface area contributed by atoms with Gasteiger partial charge in [-0.3, -0.25) is 9.69 Å². The molecule has 2 aliphatic heterocycles. The third kappa shape index (κ3) is 4.87. The summed E-state index contributed by atoms with van der Waals surface area (Å²) in [5.74, 6) is 0.762. The molecule has 0 spiro atoms. The number of furan rings is 1. The molecule has 2 saturated heterocycles. The van der Waals surface area contributed by atoms with Crippen molar-refractivity contribution in [1.29, 1.82) is 0 Å². The minimum absolute atomic E-state index is 0.0249. The van der Waals surface area contributed by atoms with Crippen LogP contribution in [0.3, 0.4) is 0 Å². The first-order valence-corrected chi connectivity index (χ1v) is 10.5. The van der Waals surface area contributed by atoms with Crippen molar-refractivity contribution in [1.82, 2.24) is 10.2 Å². The number of ether oxygens (including phenoxy) is 1. The molecule has 1 amide bonds. The molecule has 0 bridgehead atoms. The Bertz CT molecular complexity index is 802. The van der Waals surface area contributed by atoms with Gasteiger partial charge < -0.3 is 14.5 Å². The maximum Gasteiger partial charge on any atom is 0.224 e. The van der Waals surface area contributed by atoms with Gasteiger partial charge in [0, 0.05) is 31.7 Å². The normalized spacial score (nSPS) is 22.3. The maximum absolute atomic E-state index is 13.8. The molecule has 5 nitrogen and oxygen atoms in total. The van der Waals surface area contributed by atoms with Crippen LogP contribution in [0.4, 0.5) is 4.39 Å². The second-order valence-corrected chi connectivity index (χ2v) is 8.27. The number of amides is 1. The summed E-state index contributed by atoms with van der Waals surface area (Å²) >= 11 is 0. The van der Waals surface area contributed by atoms with E-state index in [0.29, 0.717) is 19.8 Å². The molecule has 0 aliphatic carbocycles. The van der Waals surface area contributed by atoms with E-state index in [0.717, 1.165) is 56.6 Å². The molecule has 156 valence electrons. The molecular weight excluding hydrogens is 371 g/mol. The van der Waals surface area contributed by atoms with Gasteiger partial charge in [0.1, 0.15) is 11.6 Å². The molecule has 1 aromatic heterocycles. The minimum atomic E-state index is -0.265. The Morgan fingerprint density at radius 2 is 2.10 bits per heavy atom. The second kappa shape index (κ2) is 9.09. The largest absolute Gasteiger partial charge is 0.468 e. The summed E-state index contributed by atoms with van der Waals surface area (Å²) in [6, 6.07) is 10.6. The smallest absolute Gasteiger partial charge is 0.224 e. The number of hydrogen-bond acceptors (Lipinski definition) is 4. The first-order valence-electron chi connectivity index (χ1n) is 10.5. The molecule has 1 aromatic carbocycles. The fourth-order valence-electron chi connectivity index (χ4n) is 4.58. The number of nitrogens with zero attached hydrogens (tertiary/aromatic N) is 1. The SMILES string of the molecule is O=C(NCC1(c2cccc(F)c2)CCOCC1)[C@@H]1CCCN(Cc2ccco2)C1. The Kier molecular flexibility index (Phi) is 6.31. The third-order valence-electron chi connectivity index (χ3n) is 6.32. The average molecular weight is 400 g/mol. The van der Waals surface area contributed by atoms with Gasteiger partial charge in [0.15, 0.2) is 0 Å². The molecule has 2 aromatic rings. The van der Waals surface area contributed by atoms with E-state index in [9.17, 15) is 9.18 Å². The monoisotopic (exact) mass is 400 g/mol. The zero-order valence-electron chi connectivity index (χ0n) is 16.7. The number of piperidine rings is 1. The Balaban J connectivity index is 1.39. The third-order valence-corrected chi connectivity index (χ3v) is 6.32. The number of carbonyl (C=O) groups is 1. The number of carbonyl (C=O) groups excluding carboxylic acids is 1. The van der Waals surface area contributed by atoms with Gasteiger partial charge in [0.25, 0.3) is 0 Å². The summed E-state index contributed by atoms with van der Waals surface area (Å²) in [5.41, 5.74) is 0.683. The number of likely N-dealkylation sites (tertiary alicyclic amines) is 1. The van der Waals surface area contributed by atoms with E-state index in [1.54, 1.807) is 18.4 Å². The summed E-state index contributed by atoms with van der Waals surface area (Å²) in [5, 5.41) is 3.19. The van der Waals surface area contributed by atoms with Crippen molar-refractivity contribution in [2.75, 3.05) is 32.8 Å². The van der Waals surface area contributed by atoms with Crippen molar-refractivity contribution in [3.8, 4) is 0 Å². The van der Waals surface area contributed by atoms with Crippen LogP contribution in [0, 0.1) is 11.7 Å². The zero-order valence-corrected chi connectivity index (χ0v) is 16.7. The average Bonchev–Trinajstić information content (AvgIpc) is 3.26. The minimum Gasteiger partial charge on any atom is -0.468 e. The number of hydrogen-bond donors (Lipinski definition) is 1. The van der Waals surface area contributed by atoms with E-state index < -0.39 is 0 Å². The number of rotatable bonds is 6.